The Balaban J connectivity index is 0.00000312. The molecular weight excluding hydrogens is 434 g/mol. The number of benzene rings is 1. The number of halogens is 2. The highest BCUT2D eigenvalue weighted by atomic mass is 127. The molecule has 1 unspecified atom stereocenters. The number of hydrogen-bond donors (Lipinski definition) is 2. The topological polar surface area (TPSA) is 56.7 Å². The molecular formula is C18H28FIN4O. The van der Waals surface area contributed by atoms with E-state index in [4.69, 9.17) is 0 Å². The van der Waals surface area contributed by atoms with Crippen LogP contribution in [0.3, 0.4) is 0 Å². The third-order valence-corrected chi connectivity index (χ3v) is 4.39. The highest BCUT2D eigenvalue weighted by molar-refractivity contribution is 14.0. The summed E-state index contributed by atoms with van der Waals surface area (Å²) in [5, 5.41) is 6.49. The predicted octanol–water partition coefficient (Wildman–Crippen LogP) is 2.90. The maximum atomic E-state index is 12.9. The van der Waals surface area contributed by atoms with E-state index in [0.717, 1.165) is 37.9 Å². The number of nitrogens with one attached hydrogen (secondary N) is 2. The quantitative estimate of drug-likeness (QED) is 0.372. The highest BCUT2D eigenvalue weighted by Crippen LogP contribution is 2.17. The van der Waals surface area contributed by atoms with Gasteiger partial charge < -0.3 is 15.5 Å². The molecule has 5 nitrogen and oxygen atoms in total. The third kappa shape index (κ3) is 6.80. The number of carbonyl (C=O) groups is 1. The number of guanidine groups is 1. The Bertz CT molecular complexity index is 565. The molecule has 1 fully saturated rings. The molecule has 0 spiro atoms. The van der Waals surface area contributed by atoms with Crippen LogP contribution in [-0.2, 0) is 11.3 Å². The summed E-state index contributed by atoms with van der Waals surface area (Å²) in [7, 11) is 1.72. The SMILES string of the molecule is CCC(CCNC(=NC)NCc1ccc(F)cc1)N1CCCC1=O.I. The van der Waals surface area contributed by atoms with Gasteiger partial charge >= 0.3 is 0 Å². The minimum Gasteiger partial charge on any atom is -0.356 e. The van der Waals surface area contributed by atoms with E-state index in [0.29, 0.717) is 25.0 Å². The first-order valence-corrected chi connectivity index (χ1v) is 8.62. The number of likely N-dealkylation sites (tertiary alicyclic amines) is 1. The van der Waals surface area contributed by atoms with Gasteiger partial charge in [-0.1, -0.05) is 19.1 Å². The van der Waals surface area contributed by atoms with Crippen LogP contribution in [0.1, 0.15) is 38.2 Å². The van der Waals surface area contributed by atoms with E-state index in [-0.39, 0.29) is 35.7 Å². The fourth-order valence-corrected chi connectivity index (χ4v) is 3.00. The molecule has 0 aliphatic carbocycles. The second kappa shape index (κ2) is 11.3. The highest BCUT2D eigenvalue weighted by Gasteiger charge is 2.26. The molecule has 0 bridgehead atoms. The van der Waals surface area contributed by atoms with E-state index in [1.807, 2.05) is 4.90 Å². The molecule has 0 radical (unpaired) electrons. The van der Waals surface area contributed by atoms with Gasteiger partial charge in [-0.15, -0.1) is 24.0 Å². The Hall–Kier alpha value is -1.38. The van der Waals surface area contributed by atoms with Crippen molar-refractivity contribution in [1.29, 1.82) is 0 Å². The number of rotatable bonds is 7. The minimum absolute atomic E-state index is 0. The monoisotopic (exact) mass is 462 g/mol. The number of hydrogen-bond acceptors (Lipinski definition) is 2. The molecule has 1 aromatic rings. The summed E-state index contributed by atoms with van der Waals surface area (Å²) >= 11 is 0. The molecule has 1 amide bonds. The molecule has 7 heteroatoms. The van der Waals surface area contributed by atoms with Crippen LogP contribution in [0.4, 0.5) is 4.39 Å². The van der Waals surface area contributed by atoms with Crippen LogP contribution in [0.2, 0.25) is 0 Å². The second-order valence-corrected chi connectivity index (χ2v) is 6.02. The van der Waals surface area contributed by atoms with Crippen LogP contribution in [0.5, 0.6) is 0 Å². The zero-order valence-corrected chi connectivity index (χ0v) is 17.3. The maximum Gasteiger partial charge on any atom is 0.222 e. The van der Waals surface area contributed by atoms with Crippen LogP contribution in [0.15, 0.2) is 29.3 Å². The van der Waals surface area contributed by atoms with Crippen LogP contribution in [0, 0.1) is 5.82 Å². The lowest BCUT2D eigenvalue weighted by Crippen LogP contribution is -2.41. The van der Waals surface area contributed by atoms with Crippen molar-refractivity contribution in [3.8, 4) is 0 Å². The molecule has 1 aliphatic rings. The van der Waals surface area contributed by atoms with E-state index >= 15 is 0 Å². The molecule has 1 atom stereocenters. The van der Waals surface area contributed by atoms with Crippen molar-refractivity contribution in [2.75, 3.05) is 20.1 Å². The van der Waals surface area contributed by atoms with Crippen LogP contribution >= 0.6 is 24.0 Å². The normalized spacial score (nSPS) is 15.7. The number of aliphatic imine (C=N–C) groups is 1. The molecule has 0 saturated carbocycles. The summed E-state index contributed by atoms with van der Waals surface area (Å²) in [6, 6.07) is 6.70. The minimum atomic E-state index is -0.233. The summed E-state index contributed by atoms with van der Waals surface area (Å²) in [5.74, 6) is 0.755. The van der Waals surface area contributed by atoms with E-state index in [2.05, 4.69) is 22.5 Å². The van der Waals surface area contributed by atoms with Gasteiger partial charge in [0.1, 0.15) is 5.82 Å². The summed E-state index contributed by atoms with van der Waals surface area (Å²) in [6.07, 6.45) is 3.53. The smallest absolute Gasteiger partial charge is 0.222 e. The molecule has 1 saturated heterocycles. The van der Waals surface area contributed by atoms with Crippen molar-refractivity contribution in [1.82, 2.24) is 15.5 Å². The van der Waals surface area contributed by atoms with Gasteiger partial charge in [0, 0.05) is 39.1 Å². The molecule has 2 rings (SSSR count). The van der Waals surface area contributed by atoms with Crippen molar-refractivity contribution in [2.24, 2.45) is 4.99 Å². The van der Waals surface area contributed by atoms with Gasteiger partial charge in [0.15, 0.2) is 5.96 Å². The zero-order valence-electron chi connectivity index (χ0n) is 14.9. The molecule has 25 heavy (non-hydrogen) atoms. The first-order valence-electron chi connectivity index (χ1n) is 8.62. The van der Waals surface area contributed by atoms with Gasteiger partial charge in [-0.2, -0.15) is 0 Å². The zero-order chi connectivity index (χ0) is 17.4. The predicted molar refractivity (Wildman–Crippen MR) is 110 cm³/mol. The fourth-order valence-electron chi connectivity index (χ4n) is 3.00. The lowest BCUT2D eigenvalue weighted by Gasteiger charge is -2.27. The lowest BCUT2D eigenvalue weighted by atomic mass is 10.1. The Kier molecular flexibility index (Phi) is 9.77. The average molecular weight is 462 g/mol. The van der Waals surface area contributed by atoms with Crippen molar-refractivity contribution < 1.29 is 9.18 Å². The van der Waals surface area contributed by atoms with Crippen LogP contribution in [0.25, 0.3) is 0 Å². The van der Waals surface area contributed by atoms with Crippen molar-refractivity contribution in [2.45, 2.75) is 45.2 Å². The van der Waals surface area contributed by atoms with Gasteiger partial charge in [-0.25, -0.2) is 4.39 Å². The van der Waals surface area contributed by atoms with Gasteiger partial charge in [0.2, 0.25) is 5.91 Å². The maximum absolute atomic E-state index is 12.9. The molecule has 0 aromatic heterocycles. The van der Waals surface area contributed by atoms with E-state index < -0.39 is 0 Å². The first-order chi connectivity index (χ1) is 11.6. The molecule has 2 N–H and O–H groups in total. The Morgan fingerprint density at radius 3 is 2.60 bits per heavy atom. The first kappa shape index (κ1) is 21.7. The number of carbonyl (C=O) groups excluding carboxylic acids is 1. The molecule has 1 aromatic carbocycles. The van der Waals surface area contributed by atoms with Crippen LogP contribution in [-0.4, -0.2) is 42.9 Å². The standard InChI is InChI=1S/C18H27FN4O.HI/c1-3-16(23-12-4-5-17(23)24)10-11-21-18(20-2)22-13-14-6-8-15(19)9-7-14;/h6-9,16H,3-5,10-13H2,1-2H3,(H2,20,21,22);1H. The Morgan fingerprint density at radius 2 is 2.04 bits per heavy atom. The molecule has 1 aliphatic heterocycles. The van der Waals surface area contributed by atoms with Gasteiger partial charge in [0.05, 0.1) is 0 Å². The molecule has 140 valence electrons. The number of nitrogens with zero attached hydrogens (tertiary/aromatic N) is 2. The third-order valence-electron chi connectivity index (χ3n) is 4.39. The summed E-state index contributed by atoms with van der Waals surface area (Å²) in [6.45, 7) is 4.35. The summed E-state index contributed by atoms with van der Waals surface area (Å²) in [5.41, 5.74) is 0.994. The largest absolute Gasteiger partial charge is 0.356 e. The van der Waals surface area contributed by atoms with Crippen molar-refractivity contribution in [3.05, 3.63) is 35.6 Å². The molecule has 1 heterocycles. The van der Waals surface area contributed by atoms with E-state index in [1.54, 1.807) is 19.2 Å². The number of amides is 1. The van der Waals surface area contributed by atoms with Gasteiger partial charge in [-0.05, 0) is 37.0 Å². The second-order valence-electron chi connectivity index (χ2n) is 6.02. The fraction of sp³-hybridized carbons (Fsp3) is 0.556. The Labute approximate surface area is 166 Å². The summed E-state index contributed by atoms with van der Waals surface area (Å²) in [4.78, 5) is 18.1. The van der Waals surface area contributed by atoms with Crippen LogP contribution < -0.4 is 10.6 Å². The van der Waals surface area contributed by atoms with Crippen molar-refractivity contribution >= 4 is 35.8 Å². The van der Waals surface area contributed by atoms with Gasteiger partial charge in [-0.3, -0.25) is 9.79 Å². The van der Waals surface area contributed by atoms with E-state index in [1.165, 1.54) is 12.1 Å². The summed E-state index contributed by atoms with van der Waals surface area (Å²) < 4.78 is 12.9. The van der Waals surface area contributed by atoms with E-state index in [9.17, 15) is 9.18 Å². The average Bonchev–Trinajstić information content (AvgIpc) is 3.02. The lowest BCUT2D eigenvalue weighted by molar-refractivity contribution is -0.129. The van der Waals surface area contributed by atoms with Crippen molar-refractivity contribution in [3.63, 3.8) is 0 Å². The van der Waals surface area contributed by atoms with Gasteiger partial charge in [0.25, 0.3) is 0 Å². The Morgan fingerprint density at radius 1 is 1.32 bits per heavy atom.